The monoisotopic (exact) mass is 511 g/mol. The number of carbonyl (C=O) groups is 1. The van der Waals surface area contributed by atoms with Gasteiger partial charge in [0.15, 0.2) is 0 Å². The van der Waals surface area contributed by atoms with Gasteiger partial charge in [-0.3, -0.25) is 14.4 Å². The third kappa shape index (κ3) is 4.36. The Hall–Kier alpha value is -4.33. The van der Waals surface area contributed by atoms with Gasteiger partial charge in [0, 0.05) is 76.9 Å². The molecule has 0 aliphatic rings. The van der Waals surface area contributed by atoms with Gasteiger partial charge in [-0.15, -0.1) is 0 Å². The number of carbonyl (C=O) groups excluding carboxylic acids is 1. The number of rotatable bonds is 7. The molecule has 1 aromatic carbocycles. The van der Waals surface area contributed by atoms with Crippen LogP contribution in [0.1, 0.15) is 59.9 Å². The van der Waals surface area contributed by atoms with E-state index in [0.29, 0.717) is 16.6 Å². The Balaban J connectivity index is 1.65. The van der Waals surface area contributed by atoms with Crippen molar-refractivity contribution in [3.8, 4) is 11.1 Å². The van der Waals surface area contributed by atoms with Gasteiger partial charge in [0.2, 0.25) is 0 Å². The number of fused-ring (bicyclic) bond motifs is 2. The second-order valence-electron chi connectivity index (χ2n) is 10.2. The van der Waals surface area contributed by atoms with Gasteiger partial charge in [-0.25, -0.2) is 0 Å². The number of nitrogens with one attached hydrogen (secondary N) is 3. The minimum atomic E-state index is -0.257. The maximum Gasteiger partial charge on any atom is 0.274 e. The van der Waals surface area contributed by atoms with Crippen molar-refractivity contribution in [3.63, 3.8) is 0 Å². The van der Waals surface area contributed by atoms with Crippen LogP contribution < -0.4 is 16.4 Å². The summed E-state index contributed by atoms with van der Waals surface area (Å²) in [7, 11) is 1.73. The first-order chi connectivity index (χ1) is 18.2. The van der Waals surface area contributed by atoms with E-state index in [1.807, 2.05) is 50.5 Å². The van der Waals surface area contributed by atoms with Gasteiger partial charge in [-0.1, -0.05) is 13.3 Å². The molecule has 1 atom stereocenters. The molecule has 4 heterocycles. The predicted molar refractivity (Wildman–Crippen MR) is 152 cm³/mol. The second-order valence-corrected chi connectivity index (χ2v) is 10.2. The van der Waals surface area contributed by atoms with Crippen LogP contribution in [-0.4, -0.2) is 25.0 Å². The lowest BCUT2D eigenvalue weighted by Crippen LogP contribution is -2.28. The maximum absolute atomic E-state index is 13.7. The van der Waals surface area contributed by atoms with Crippen molar-refractivity contribution >= 4 is 27.7 Å². The van der Waals surface area contributed by atoms with Crippen molar-refractivity contribution in [1.29, 1.82) is 0 Å². The quantitative estimate of drug-likeness (QED) is 0.284. The topological polar surface area (TPSA) is 105 Å². The molecule has 0 saturated heterocycles. The van der Waals surface area contributed by atoms with Crippen LogP contribution in [0.2, 0.25) is 0 Å². The number of pyridine rings is 2. The first kappa shape index (κ1) is 25.3. The Morgan fingerprint density at radius 3 is 2.63 bits per heavy atom. The van der Waals surface area contributed by atoms with Crippen LogP contribution in [0.4, 0.5) is 0 Å². The summed E-state index contributed by atoms with van der Waals surface area (Å²) in [6, 6.07) is 10.0. The lowest BCUT2D eigenvalue weighted by Gasteiger charge is -2.17. The number of nitrogens with zero attached hydrogens (tertiary/aromatic N) is 2. The number of aromatic nitrogens is 4. The van der Waals surface area contributed by atoms with E-state index >= 15 is 0 Å². The van der Waals surface area contributed by atoms with E-state index in [2.05, 4.69) is 39.8 Å². The maximum atomic E-state index is 13.7. The Morgan fingerprint density at radius 1 is 1.11 bits per heavy atom. The molecular formula is C30H33N5O3. The summed E-state index contributed by atoms with van der Waals surface area (Å²) in [5, 5.41) is 4.63. The van der Waals surface area contributed by atoms with E-state index in [4.69, 9.17) is 0 Å². The number of aryl methyl sites for hydroxylation is 3. The van der Waals surface area contributed by atoms with Crippen molar-refractivity contribution in [2.45, 2.75) is 53.1 Å². The van der Waals surface area contributed by atoms with Gasteiger partial charge in [-0.05, 0) is 68.7 Å². The SMILES string of the molecule is CCCC(C)n1ccc2c(C(=O)NCc3c(C)cc(C)[nH]c3=O)cc(-c3cn(C)c(=O)c4[nH]ccc34)cc21. The highest BCUT2D eigenvalue weighted by molar-refractivity contribution is 6.09. The van der Waals surface area contributed by atoms with Crippen LogP contribution in [0, 0.1) is 13.8 Å². The summed E-state index contributed by atoms with van der Waals surface area (Å²) in [6.45, 7) is 8.18. The minimum absolute atomic E-state index is 0.105. The molecule has 196 valence electrons. The third-order valence-corrected chi connectivity index (χ3v) is 7.39. The van der Waals surface area contributed by atoms with Gasteiger partial charge >= 0.3 is 0 Å². The summed E-state index contributed by atoms with van der Waals surface area (Å²) in [5.41, 5.74) is 5.58. The molecule has 0 aliphatic carbocycles. The van der Waals surface area contributed by atoms with Crippen LogP contribution in [0.3, 0.4) is 0 Å². The van der Waals surface area contributed by atoms with Crippen molar-refractivity contribution < 1.29 is 4.79 Å². The molecule has 5 rings (SSSR count). The zero-order chi connectivity index (χ0) is 27.1. The van der Waals surface area contributed by atoms with Gasteiger partial charge < -0.3 is 24.4 Å². The van der Waals surface area contributed by atoms with Gasteiger partial charge in [-0.2, -0.15) is 0 Å². The van der Waals surface area contributed by atoms with Crippen LogP contribution in [-0.2, 0) is 13.6 Å². The molecule has 0 saturated carbocycles. The van der Waals surface area contributed by atoms with Crippen LogP contribution in [0.25, 0.3) is 32.9 Å². The lowest BCUT2D eigenvalue weighted by molar-refractivity contribution is 0.0952. The second kappa shape index (κ2) is 9.85. The number of benzene rings is 1. The highest BCUT2D eigenvalue weighted by atomic mass is 16.2. The Bertz CT molecular complexity index is 1800. The fourth-order valence-electron chi connectivity index (χ4n) is 5.41. The van der Waals surface area contributed by atoms with Crippen LogP contribution >= 0.6 is 0 Å². The summed E-state index contributed by atoms with van der Waals surface area (Å²) in [5.74, 6) is -0.257. The largest absolute Gasteiger partial charge is 0.357 e. The molecule has 0 fully saturated rings. The standard InChI is InChI=1S/C30H33N5O3/c1-6-7-19(4)35-11-9-21-23(28(36)32-15-24-17(2)12-18(3)33-29(24)37)13-20(14-26(21)35)25-16-34(5)30(38)27-22(25)8-10-31-27/h8-14,16,19,31H,6-7,15H2,1-5H3,(H,32,36)(H,33,37). The molecule has 8 nitrogen and oxygen atoms in total. The summed E-state index contributed by atoms with van der Waals surface area (Å²) in [4.78, 5) is 44.7. The van der Waals surface area contributed by atoms with Crippen molar-refractivity contribution in [2.75, 3.05) is 0 Å². The Kier molecular flexibility index (Phi) is 6.57. The molecule has 0 bridgehead atoms. The first-order valence-corrected chi connectivity index (χ1v) is 13.0. The molecule has 38 heavy (non-hydrogen) atoms. The number of aromatic amines is 2. The average molecular weight is 512 g/mol. The number of hydrogen-bond acceptors (Lipinski definition) is 3. The van der Waals surface area contributed by atoms with E-state index in [1.54, 1.807) is 17.8 Å². The number of H-pyrrole nitrogens is 2. The average Bonchev–Trinajstić information content (AvgIpc) is 3.53. The zero-order valence-electron chi connectivity index (χ0n) is 22.4. The molecule has 4 aromatic heterocycles. The van der Waals surface area contributed by atoms with Gasteiger partial charge in [0.05, 0.1) is 0 Å². The molecule has 8 heteroatoms. The molecular weight excluding hydrogens is 478 g/mol. The Labute approximate surface area is 220 Å². The summed E-state index contributed by atoms with van der Waals surface area (Å²) < 4.78 is 3.77. The molecule has 0 aliphatic heterocycles. The summed E-state index contributed by atoms with van der Waals surface area (Å²) in [6.07, 6.45) is 7.66. The van der Waals surface area contributed by atoms with E-state index in [1.165, 1.54) is 0 Å². The normalized spacial score (nSPS) is 12.3. The van der Waals surface area contributed by atoms with Crippen molar-refractivity contribution in [3.05, 3.63) is 92.0 Å². The van der Waals surface area contributed by atoms with E-state index in [-0.39, 0.29) is 29.6 Å². The fourth-order valence-corrected chi connectivity index (χ4v) is 5.41. The van der Waals surface area contributed by atoms with E-state index < -0.39 is 0 Å². The van der Waals surface area contributed by atoms with Crippen LogP contribution in [0.15, 0.2) is 58.5 Å². The molecule has 0 radical (unpaired) electrons. The number of hydrogen-bond donors (Lipinski definition) is 3. The zero-order valence-corrected chi connectivity index (χ0v) is 22.4. The highest BCUT2D eigenvalue weighted by Crippen LogP contribution is 2.33. The smallest absolute Gasteiger partial charge is 0.274 e. The highest BCUT2D eigenvalue weighted by Gasteiger charge is 2.19. The molecule has 3 N–H and O–H groups in total. The van der Waals surface area contributed by atoms with Gasteiger partial charge in [0.25, 0.3) is 17.0 Å². The van der Waals surface area contributed by atoms with E-state index in [9.17, 15) is 14.4 Å². The predicted octanol–water partition coefficient (Wildman–Crippen LogP) is 5.08. The van der Waals surface area contributed by atoms with Gasteiger partial charge in [0.1, 0.15) is 5.52 Å². The lowest BCUT2D eigenvalue weighted by atomic mass is 9.98. The third-order valence-electron chi connectivity index (χ3n) is 7.39. The van der Waals surface area contributed by atoms with E-state index in [0.717, 1.165) is 51.5 Å². The van der Waals surface area contributed by atoms with Crippen LogP contribution in [0.5, 0.6) is 0 Å². The first-order valence-electron chi connectivity index (χ1n) is 13.0. The Morgan fingerprint density at radius 2 is 1.89 bits per heavy atom. The summed E-state index contributed by atoms with van der Waals surface area (Å²) >= 11 is 0. The van der Waals surface area contributed by atoms with Crippen molar-refractivity contribution in [2.24, 2.45) is 7.05 Å². The van der Waals surface area contributed by atoms with Crippen molar-refractivity contribution in [1.82, 2.24) is 24.4 Å². The minimum Gasteiger partial charge on any atom is -0.357 e. The molecule has 1 amide bonds. The number of amides is 1. The fraction of sp³-hybridized carbons (Fsp3) is 0.300. The molecule has 5 aromatic rings. The molecule has 1 unspecified atom stereocenters. The molecule has 0 spiro atoms.